The lowest BCUT2D eigenvalue weighted by Gasteiger charge is -2.37. The number of aliphatic hydroxyl groups excluding tert-OH is 1. The Morgan fingerprint density at radius 3 is 2.61 bits per heavy atom. The molecule has 1 aromatic heterocycles. The van der Waals surface area contributed by atoms with Crippen molar-refractivity contribution in [2.45, 2.75) is 32.7 Å². The summed E-state index contributed by atoms with van der Waals surface area (Å²) in [5.41, 5.74) is 2.41. The summed E-state index contributed by atoms with van der Waals surface area (Å²) in [4.78, 5) is 5.66. The Balaban J connectivity index is 2.41. The molecule has 3 heteroatoms. The molecule has 0 saturated carbocycles. The number of fused-ring (bicyclic) bond motifs is 1. The van der Waals surface area contributed by atoms with Gasteiger partial charge in [0.1, 0.15) is 0 Å². The van der Waals surface area contributed by atoms with Gasteiger partial charge >= 0.3 is 0 Å². The normalized spacial score (nSPS) is 12.0. The summed E-state index contributed by atoms with van der Waals surface area (Å²) in [6.07, 6.45) is 2.85. The van der Waals surface area contributed by atoms with Crippen LogP contribution in [0, 0.1) is 0 Å². The van der Waals surface area contributed by atoms with Gasteiger partial charge in [-0.1, -0.05) is 18.2 Å². The minimum absolute atomic E-state index is 0.0418. The summed E-state index contributed by atoms with van der Waals surface area (Å²) in [5, 5.41) is 10.3. The molecule has 0 bridgehead atoms. The Morgan fingerprint density at radius 1 is 1.22 bits per heavy atom. The molecule has 0 aliphatic carbocycles. The van der Waals surface area contributed by atoms with E-state index >= 15 is 0 Å². The molecule has 0 aliphatic rings. The number of anilines is 1. The van der Waals surface area contributed by atoms with Crippen LogP contribution >= 0.6 is 0 Å². The molecule has 0 fully saturated rings. The van der Waals surface area contributed by atoms with Crippen LogP contribution in [0.2, 0.25) is 0 Å². The van der Waals surface area contributed by atoms with Crippen molar-refractivity contribution >= 4 is 16.6 Å². The Labute approximate surface area is 108 Å². The average Bonchev–Trinajstić information content (AvgIpc) is 2.72. The van der Waals surface area contributed by atoms with Crippen molar-refractivity contribution in [1.29, 1.82) is 0 Å². The minimum Gasteiger partial charge on any atom is -0.396 e. The van der Waals surface area contributed by atoms with E-state index < -0.39 is 0 Å². The summed E-state index contributed by atoms with van der Waals surface area (Å²) in [6.45, 7) is 7.70. The van der Waals surface area contributed by atoms with Gasteiger partial charge in [-0.3, -0.25) is 0 Å². The SMILES string of the molecule is CC(C)(C)N(CCCO)c1c[nH]c2ccccc12. The van der Waals surface area contributed by atoms with Gasteiger partial charge in [0.2, 0.25) is 0 Å². The van der Waals surface area contributed by atoms with Crippen molar-refractivity contribution in [3.63, 3.8) is 0 Å². The van der Waals surface area contributed by atoms with Gasteiger partial charge in [-0.15, -0.1) is 0 Å². The van der Waals surface area contributed by atoms with Crippen molar-refractivity contribution in [3.05, 3.63) is 30.5 Å². The fourth-order valence-corrected chi connectivity index (χ4v) is 2.33. The topological polar surface area (TPSA) is 39.3 Å². The van der Waals surface area contributed by atoms with Gasteiger partial charge in [-0.25, -0.2) is 0 Å². The van der Waals surface area contributed by atoms with E-state index in [1.165, 1.54) is 11.1 Å². The first-order valence-electron chi connectivity index (χ1n) is 6.48. The predicted octanol–water partition coefficient (Wildman–Crippen LogP) is 3.16. The summed E-state index contributed by atoms with van der Waals surface area (Å²) >= 11 is 0. The monoisotopic (exact) mass is 246 g/mol. The van der Waals surface area contributed by atoms with Gasteiger partial charge in [0.25, 0.3) is 0 Å². The van der Waals surface area contributed by atoms with Crippen LogP contribution in [0.1, 0.15) is 27.2 Å². The first-order valence-corrected chi connectivity index (χ1v) is 6.48. The maximum Gasteiger partial charge on any atom is 0.0628 e. The van der Waals surface area contributed by atoms with Crippen LogP contribution in [0.3, 0.4) is 0 Å². The number of rotatable bonds is 4. The van der Waals surface area contributed by atoms with Gasteiger partial charge in [-0.2, -0.15) is 0 Å². The van der Waals surface area contributed by atoms with E-state index in [1.54, 1.807) is 0 Å². The van der Waals surface area contributed by atoms with Crippen molar-refractivity contribution in [2.24, 2.45) is 0 Å². The maximum absolute atomic E-state index is 9.06. The molecule has 1 aromatic carbocycles. The van der Waals surface area contributed by atoms with E-state index in [2.05, 4.69) is 55.1 Å². The fourth-order valence-electron chi connectivity index (χ4n) is 2.33. The summed E-state index contributed by atoms with van der Waals surface area (Å²) < 4.78 is 0. The molecule has 2 N–H and O–H groups in total. The van der Waals surface area contributed by atoms with Crippen LogP contribution in [0.4, 0.5) is 5.69 Å². The molecule has 2 aromatic rings. The Bertz CT molecular complexity index is 510. The third kappa shape index (κ3) is 2.51. The van der Waals surface area contributed by atoms with Gasteiger partial charge in [0.05, 0.1) is 5.69 Å². The Kier molecular flexibility index (Phi) is 3.62. The van der Waals surface area contributed by atoms with Gasteiger partial charge in [-0.05, 0) is 33.3 Å². The van der Waals surface area contributed by atoms with Crippen molar-refractivity contribution < 1.29 is 5.11 Å². The predicted molar refractivity (Wildman–Crippen MR) is 77.1 cm³/mol. The average molecular weight is 246 g/mol. The minimum atomic E-state index is 0.0418. The number of nitrogens with zero attached hydrogens (tertiary/aromatic N) is 1. The molecular formula is C15H22N2O. The largest absolute Gasteiger partial charge is 0.396 e. The molecule has 0 aliphatic heterocycles. The zero-order valence-electron chi connectivity index (χ0n) is 11.4. The number of hydrogen-bond donors (Lipinski definition) is 2. The molecule has 0 radical (unpaired) electrons. The van der Waals surface area contributed by atoms with Gasteiger partial charge in [0.15, 0.2) is 0 Å². The molecule has 98 valence electrons. The number of para-hydroxylation sites is 1. The van der Waals surface area contributed by atoms with Crippen molar-refractivity contribution in [3.8, 4) is 0 Å². The molecule has 0 atom stereocenters. The molecular weight excluding hydrogens is 224 g/mol. The zero-order chi connectivity index (χ0) is 13.2. The Morgan fingerprint density at radius 2 is 1.94 bits per heavy atom. The number of benzene rings is 1. The standard InChI is InChI=1S/C15H22N2O/c1-15(2,3)17(9-6-10-18)14-11-16-13-8-5-4-7-12(13)14/h4-5,7-8,11,16,18H,6,9-10H2,1-3H3. The van der Waals surface area contributed by atoms with E-state index in [9.17, 15) is 0 Å². The summed E-state index contributed by atoms with van der Waals surface area (Å²) in [5.74, 6) is 0. The second kappa shape index (κ2) is 5.02. The third-order valence-electron chi connectivity index (χ3n) is 3.21. The number of aliphatic hydroxyl groups is 1. The lowest BCUT2D eigenvalue weighted by Crippen LogP contribution is -2.42. The molecule has 0 spiro atoms. The van der Waals surface area contributed by atoms with E-state index in [0.29, 0.717) is 0 Å². The number of H-pyrrole nitrogens is 1. The molecule has 0 saturated heterocycles. The van der Waals surface area contributed by atoms with Crippen LogP contribution in [-0.2, 0) is 0 Å². The zero-order valence-corrected chi connectivity index (χ0v) is 11.4. The van der Waals surface area contributed by atoms with Crippen LogP contribution in [0.25, 0.3) is 10.9 Å². The van der Waals surface area contributed by atoms with Crippen molar-refractivity contribution in [1.82, 2.24) is 4.98 Å². The molecule has 0 amide bonds. The molecule has 1 heterocycles. The van der Waals surface area contributed by atoms with E-state index in [4.69, 9.17) is 5.11 Å². The molecule has 0 unspecified atom stereocenters. The molecule has 18 heavy (non-hydrogen) atoms. The third-order valence-corrected chi connectivity index (χ3v) is 3.21. The smallest absolute Gasteiger partial charge is 0.0628 e. The lowest BCUT2D eigenvalue weighted by atomic mass is 10.0. The molecule has 3 nitrogen and oxygen atoms in total. The van der Waals surface area contributed by atoms with Crippen molar-refractivity contribution in [2.75, 3.05) is 18.1 Å². The van der Waals surface area contributed by atoms with Gasteiger partial charge in [0, 0.05) is 35.8 Å². The van der Waals surface area contributed by atoms with Crippen LogP contribution in [0.5, 0.6) is 0 Å². The van der Waals surface area contributed by atoms with Crippen LogP contribution < -0.4 is 4.90 Å². The number of aromatic nitrogens is 1. The summed E-state index contributed by atoms with van der Waals surface area (Å²) in [7, 11) is 0. The van der Waals surface area contributed by atoms with Crippen LogP contribution in [0.15, 0.2) is 30.5 Å². The highest BCUT2D eigenvalue weighted by Crippen LogP contribution is 2.31. The number of aromatic amines is 1. The fraction of sp³-hybridized carbons (Fsp3) is 0.467. The molecule has 2 rings (SSSR count). The second-order valence-corrected chi connectivity index (χ2v) is 5.62. The summed E-state index contributed by atoms with van der Waals surface area (Å²) in [6, 6.07) is 8.33. The van der Waals surface area contributed by atoms with E-state index in [1.807, 2.05) is 6.07 Å². The van der Waals surface area contributed by atoms with Gasteiger partial charge < -0.3 is 15.0 Å². The highest BCUT2D eigenvalue weighted by molar-refractivity contribution is 5.93. The Hall–Kier alpha value is -1.48. The maximum atomic E-state index is 9.06. The number of nitrogens with one attached hydrogen (secondary N) is 1. The first kappa shape index (κ1) is 13.0. The highest BCUT2D eigenvalue weighted by Gasteiger charge is 2.23. The first-order chi connectivity index (χ1) is 8.54. The van der Waals surface area contributed by atoms with E-state index in [0.717, 1.165) is 18.5 Å². The highest BCUT2D eigenvalue weighted by atomic mass is 16.3. The second-order valence-electron chi connectivity index (χ2n) is 5.62. The lowest BCUT2D eigenvalue weighted by molar-refractivity contribution is 0.286. The van der Waals surface area contributed by atoms with E-state index in [-0.39, 0.29) is 12.1 Å². The number of hydrogen-bond acceptors (Lipinski definition) is 2. The quantitative estimate of drug-likeness (QED) is 0.870. The van der Waals surface area contributed by atoms with Crippen LogP contribution in [-0.4, -0.2) is 28.8 Å².